The Hall–Kier alpha value is 0.660. The van der Waals surface area contributed by atoms with E-state index in [4.69, 9.17) is 0 Å². The first-order valence-corrected chi connectivity index (χ1v) is 7.19. The van der Waals surface area contributed by atoms with Crippen molar-refractivity contribution in [3.8, 4) is 0 Å². The van der Waals surface area contributed by atoms with Gasteiger partial charge in [-0.15, -0.1) is 23.5 Å². The number of hydrogen-bond acceptors (Lipinski definition) is 2. The van der Waals surface area contributed by atoms with Gasteiger partial charge in [0.15, 0.2) is 0 Å². The highest BCUT2D eigenvalue weighted by Gasteiger charge is 2.40. The van der Waals surface area contributed by atoms with Crippen LogP contribution >= 0.6 is 23.5 Å². The Balaban J connectivity index is 1.95. The molecule has 0 atom stereocenters. The van der Waals surface area contributed by atoms with E-state index in [1.54, 1.807) is 0 Å². The standard InChI is InChI=1S/C10H20NS2/c1-11(2)6-4-10(5-7-11)12-8-3-9-13-10/h3-9H2,1-2H3/q+1. The number of rotatable bonds is 0. The van der Waals surface area contributed by atoms with Crippen LogP contribution in [0, 0.1) is 0 Å². The second kappa shape index (κ2) is 3.67. The van der Waals surface area contributed by atoms with Gasteiger partial charge in [-0.25, -0.2) is 0 Å². The third-order valence-electron chi connectivity index (χ3n) is 3.21. The van der Waals surface area contributed by atoms with Crippen LogP contribution in [-0.2, 0) is 0 Å². The van der Waals surface area contributed by atoms with Crippen LogP contribution < -0.4 is 0 Å². The normalized spacial score (nSPS) is 31.8. The zero-order chi connectivity index (χ0) is 9.36. The molecule has 2 heterocycles. The highest BCUT2D eigenvalue weighted by atomic mass is 32.2. The minimum atomic E-state index is 0.631. The van der Waals surface area contributed by atoms with Crippen molar-refractivity contribution in [1.82, 2.24) is 0 Å². The van der Waals surface area contributed by atoms with Gasteiger partial charge in [-0.2, -0.15) is 0 Å². The van der Waals surface area contributed by atoms with Gasteiger partial charge in [-0.05, 0) is 17.9 Å². The zero-order valence-electron chi connectivity index (χ0n) is 8.71. The molecule has 0 amide bonds. The molecule has 2 aliphatic rings. The van der Waals surface area contributed by atoms with Gasteiger partial charge in [0.2, 0.25) is 0 Å². The van der Waals surface area contributed by atoms with E-state index in [9.17, 15) is 0 Å². The topological polar surface area (TPSA) is 0 Å². The molecule has 2 aliphatic heterocycles. The SMILES string of the molecule is C[N+]1(C)CCC2(CC1)SCCCS2. The van der Waals surface area contributed by atoms with Gasteiger partial charge in [0.25, 0.3) is 0 Å². The van der Waals surface area contributed by atoms with Crippen molar-refractivity contribution in [2.24, 2.45) is 0 Å². The average molecular weight is 218 g/mol. The fourth-order valence-corrected chi connectivity index (χ4v) is 5.37. The smallest absolute Gasteiger partial charge is 0.0804 e. The fraction of sp³-hybridized carbons (Fsp3) is 1.00. The molecule has 0 bridgehead atoms. The number of quaternary nitrogens is 1. The van der Waals surface area contributed by atoms with Crippen molar-refractivity contribution >= 4 is 23.5 Å². The highest BCUT2D eigenvalue weighted by Crippen LogP contribution is 2.49. The maximum atomic E-state index is 2.37. The maximum Gasteiger partial charge on any atom is 0.0804 e. The van der Waals surface area contributed by atoms with Crippen LogP contribution in [0.1, 0.15) is 19.3 Å². The van der Waals surface area contributed by atoms with Crippen LogP contribution in [0.2, 0.25) is 0 Å². The first-order valence-electron chi connectivity index (χ1n) is 5.22. The number of nitrogens with zero attached hydrogens (tertiary/aromatic N) is 1. The van der Waals surface area contributed by atoms with Gasteiger partial charge >= 0.3 is 0 Å². The van der Waals surface area contributed by atoms with E-state index in [1.165, 1.54) is 48.3 Å². The quantitative estimate of drug-likeness (QED) is 0.573. The molecular formula is C10H20NS2+. The molecule has 2 saturated heterocycles. The summed E-state index contributed by atoms with van der Waals surface area (Å²) in [4.78, 5) is 0. The molecular weight excluding hydrogens is 198 g/mol. The molecule has 0 aromatic rings. The summed E-state index contributed by atoms with van der Waals surface area (Å²) < 4.78 is 1.87. The van der Waals surface area contributed by atoms with Gasteiger partial charge in [-0.3, -0.25) is 0 Å². The molecule has 2 rings (SSSR count). The van der Waals surface area contributed by atoms with E-state index in [0.717, 1.165) is 0 Å². The molecule has 0 aromatic carbocycles. The van der Waals surface area contributed by atoms with E-state index in [1.807, 2.05) is 0 Å². The number of hydrogen-bond donors (Lipinski definition) is 0. The first-order chi connectivity index (χ1) is 6.12. The molecule has 1 nitrogen and oxygen atoms in total. The Morgan fingerprint density at radius 3 is 2.08 bits per heavy atom. The molecule has 0 radical (unpaired) electrons. The van der Waals surface area contributed by atoms with Crippen molar-refractivity contribution in [2.75, 3.05) is 38.7 Å². The predicted octanol–water partition coefficient (Wildman–Crippen LogP) is 2.42. The van der Waals surface area contributed by atoms with E-state index in [0.29, 0.717) is 4.08 Å². The van der Waals surface area contributed by atoms with Crippen LogP contribution in [0.3, 0.4) is 0 Å². The molecule has 13 heavy (non-hydrogen) atoms. The molecule has 0 aromatic heterocycles. The third-order valence-corrected chi connectivity index (χ3v) is 6.78. The second-order valence-corrected chi connectivity index (χ2v) is 8.06. The minimum Gasteiger partial charge on any atom is -0.328 e. The molecule has 2 fully saturated rings. The van der Waals surface area contributed by atoms with Crippen LogP contribution in [0.4, 0.5) is 0 Å². The van der Waals surface area contributed by atoms with Gasteiger partial charge in [0.1, 0.15) is 0 Å². The zero-order valence-corrected chi connectivity index (χ0v) is 10.3. The van der Waals surface area contributed by atoms with Crippen molar-refractivity contribution in [3.63, 3.8) is 0 Å². The van der Waals surface area contributed by atoms with E-state index >= 15 is 0 Å². The highest BCUT2D eigenvalue weighted by molar-refractivity contribution is 8.18. The summed E-state index contributed by atoms with van der Waals surface area (Å²) in [6, 6.07) is 0. The van der Waals surface area contributed by atoms with Gasteiger partial charge in [0.05, 0.1) is 31.3 Å². The van der Waals surface area contributed by atoms with Crippen molar-refractivity contribution in [2.45, 2.75) is 23.3 Å². The van der Waals surface area contributed by atoms with Crippen LogP contribution in [0.5, 0.6) is 0 Å². The largest absolute Gasteiger partial charge is 0.328 e. The fourth-order valence-electron chi connectivity index (χ4n) is 2.09. The molecule has 1 spiro atoms. The van der Waals surface area contributed by atoms with Crippen molar-refractivity contribution in [3.05, 3.63) is 0 Å². The van der Waals surface area contributed by atoms with Crippen molar-refractivity contribution in [1.29, 1.82) is 0 Å². The summed E-state index contributed by atoms with van der Waals surface area (Å²) in [6.45, 7) is 2.75. The summed E-state index contributed by atoms with van der Waals surface area (Å²) in [7, 11) is 4.73. The molecule has 0 saturated carbocycles. The van der Waals surface area contributed by atoms with Gasteiger partial charge in [-0.1, -0.05) is 0 Å². The Morgan fingerprint density at radius 2 is 1.54 bits per heavy atom. The lowest BCUT2D eigenvalue weighted by atomic mass is 10.1. The molecule has 0 aliphatic carbocycles. The lowest BCUT2D eigenvalue weighted by Crippen LogP contribution is -2.50. The maximum absolute atomic E-state index is 2.37. The first kappa shape index (κ1) is 10.2. The van der Waals surface area contributed by atoms with Gasteiger partial charge < -0.3 is 4.48 Å². The van der Waals surface area contributed by atoms with Crippen LogP contribution in [0.15, 0.2) is 0 Å². The van der Waals surface area contributed by atoms with Gasteiger partial charge in [0, 0.05) is 12.8 Å². The lowest BCUT2D eigenvalue weighted by Gasteiger charge is -2.45. The van der Waals surface area contributed by atoms with E-state index in [2.05, 4.69) is 37.6 Å². The minimum absolute atomic E-state index is 0.631. The van der Waals surface area contributed by atoms with E-state index < -0.39 is 0 Å². The molecule has 0 N–H and O–H groups in total. The second-order valence-electron chi connectivity index (χ2n) is 4.84. The summed E-state index contributed by atoms with van der Waals surface area (Å²) in [6.07, 6.45) is 4.28. The van der Waals surface area contributed by atoms with Crippen molar-refractivity contribution < 1.29 is 4.48 Å². The van der Waals surface area contributed by atoms with E-state index in [-0.39, 0.29) is 0 Å². The molecule has 3 heteroatoms. The summed E-state index contributed by atoms with van der Waals surface area (Å²) >= 11 is 4.48. The molecule has 76 valence electrons. The summed E-state index contributed by atoms with van der Waals surface area (Å²) in [5.74, 6) is 2.81. The average Bonchev–Trinajstić information content (AvgIpc) is 2.13. The Bertz CT molecular complexity index is 173. The summed E-state index contributed by atoms with van der Waals surface area (Å²) in [5.41, 5.74) is 0. The van der Waals surface area contributed by atoms with Crippen LogP contribution in [0.25, 0.3) is 0 Å². The Labute approximate surface area is 90.2 Å². The monoisotopic (exact) mass is 218 g/mol. The predicted molar refractivity (Wildman–Crippen MR) is 63.3 cm³/mol. The van der Waals surface area contributed by atoms with Crippen LogP contribution in [-0.4, -0.2) is 47.3 Å². The Kier molecular flexibility index (Phi) is 2.87. The number of piperidine rings is 1. The number of likely N-dealkylation sites (tertiary alicyclic amines) is 1. The summed E-state index contributed by atoms with van der Waals surface area (Å²) in [5, 5.41) is 0. The lowest BCUT2D eigenvalue weighted by molar-refractivity contribution is -0.895. The number of thioether (sulfide) groups is 2. The third kappa shape index (κ3) is 2.37. The Morgan fingerprint density at radius 1 is 1.00 bits per heavy atom. The molecule has 0 unspecified atom stereocenters.